The predicted molar refractivity (Wildman–Crippen MR) is 72.6 cm³/mol. The Bertz CT molecular complexity index is 613. The van der Waals surface area contributed by atoms with E-state index in [0.29, 0.717) is 11.3 Å². The molecule has 20 heavy (non-hydrogen) atoms. The largest absolute Gasteiger partial charge is 0.507 e. The first-order valence-electron chi connectivity index (χ1n) is 6.20. The Morgan fingerprint density at radius 1 is 1.50 bits per heavy atom. The van der Waals surface area contributed by atoms with Crippen LogP contribution in [0.3, 0.4) is 0 Å². The molecule has 5 heteroatoms. The van der Waals surface area contributed by atoms with E-state index in [1.807, 2.05) is 0 Å². The summed E-state index contributed by atoms with van der Waals surface area (Å²) in [6.07, 6.45) is 1.53. The number of allylic oxidation sites excluding steroid dienone is 1. The lowest BCUT2D eigenvalue weighted by Gasteiger charge is -2.16. The number of phenolic OH excluding ortho intramolecular Hbond substituents is 1. The van der Waals surface area contributed by atoms with Gasteiger partial charge in [-0.15, -0.1) is 0 Å². The lowest BCUT2D eigenvalue weighted by atomic mass is 10.0. The molecule has 5 nitrogen and oxygen atoms in total. The van der Waals surface area contributed by atoms with E-state index in [4.69, 9.17) is 9.47 Å². The fourth-order valence-electron chi connectivity index (χ4n) is 2.20. The van der Waals surface area contributed by atoms with Crippen molar-refractivity contribution in [1.82, 2.24) is 0 Å². The molecule has 0 saturated heterocycles. The van der Waals surface area contributed by atoms with Gasteiger partial charge in [-0.2, -0.15) is 0 Å². The first-order valence-corrected chi connectivity index (χ1v) is 6.20. The van der Waals surface area contributed by atoms with Crippen LogP contribution < -0.4 is 9.47 Å². The molecule has 0 aromatic heterocycles. The van der Waals surface area contributed by atoms with Gasteiger partial charge in [0.2, 0.25) is 0 Å². The summed E-state index contributed by atoms with van der Waals surface area (Å²) >= 11 is 0. The van der Waals surface area contributed by atoms with Gasteiger partial charge in [0, 0.05) is 12.0 Å². The number of phenols is 1. The molecule has 0 amide bonds. The molecule has 0 spiro atoms. The standard InChI is InChI=1S/C15H16O5/c1-8-4-11(17)13-12(18)6-10(5-9(2)16)14(19-3)15(13)20-7-8/h4,6,18H,5,7H2,1-3H3. The lowest BCUT2D eigenvalue weighted by molar-refractivity contribution is -0.116. The molecule has 0 unspecified atom stereocenters. The third kappa shape index (κ3) is 2.52. The molecule has 1 aromatic rings. The van der Waals surface area contributed by atoms with Crippen molar-refractivity contribution >= 4 is 11.6 Å². The molecule has 0 radical (unpaired) electrons. The summed E-state index contributed by atoms with van der Waals surface area (Å²) in [5, 5.41) is 10.1. The smallest absolute Gasteiger partial charge is 0.193 e. The fraction of sp³-hybridized carbons (Fsp3) is 0.333. The molecule has 0 aliphatic carbocycles. The Hall–Kier alpha value is -2.30. The number of fused-ring (bicyclic) bond motifs is 1. The first-order chi connectivity index (χ1) is 9.43. The van der Waals surface area contributed by atoms with Gasteiger partial charge in [-0.25, -0.2) is 0 Å². The van der Waals surface area contributed by atoms with Crippen molar-refractivity contribution in [3.63, 3.8) is 0 Å². The zero-order valence-corrected chi connectivity index (χ0v) is 11.6. The predicted octanol–water partition coefficient (Wildman–Crippen LogP) is 2.05. The van der Waals surface area contributed by atoms with Gasteiger partial charge in [-0.1, -0.05) is 0 Å². The van der Waals surface area contributed by atoms with Crippen LogP contribution in [0.2, 0.25) is 0 Å². The maximum absolute atomic E-state index is 12.1. The summed E-state index contributed by atoms with van der Waals surface area (Å²) in [4.78, 5) is 23.4. The van der Waals surface area contributed by atoms with E-state index in [-0.39, 0.29) is 41.7 Å². The molecule has 1 N–H and O–H groups in total. The second kappa shape index (κ2) is 5.36. The molecule has 1 aliphatic heterocycles. The number of Topliss-reactive ketones (excluding diaryl/α,β-unsaturated/α-hetero) is 1. The lowest BCUT2D eigenvalue weighted by Crippen LogP contribution is -2.06. The Labute approximate surface area is 116 Å². The molecule has 2 rings (SSSR count). The molecule has 1 aliphatic rings. The highest BCUT2D eigenvalue weighted by molar-refractivity contribution is 6.10. The summed E-state index contributed by atoms with van der Waals surface area (Å²) in [7, 11) is 1.44. The van der Waals surface area contributed by atoms with Crippen molar-refractivity contribution in [3.05, 3.63) is 28.8 Å². The highest BCUT2D eigenvalue weighted by Gasteiger charge is 2.26. The highest BCUT2D eigenvalue weighted by atomic mass is 16.5. The van der Waals surface area contributed by atoms with E-state index in [0.717, 1.165) is 5.57 Å². The van der Waals surface area contributed by atoms with Crippen LogP contribution >= 0.6 is 0 Å². The van der Waals surface area contributed by atoms with Gasteiger partial charge in [-0.3, -0.25) is 9.59 Å². The van der Waals surface area contributed by atoms with Crippen molar-refractivity contribution in [2.24, 2.45) is 0 Å². The Morgan fingerprint density at radius 3 is 2.80 bits per heavy atom. The Balaban J connectivity index is 2.65. The van der Waals surface area contributed by atoms with Gasteiger partial charge in [0.1, 0.15) is 23.7 Å². The average Bonchev–Trinajstić information content (AvgIpc) is 2.48. The van der Waals surface area contributed by atoms with Gasteiger partial charge in [-0.05, 0) is 31.6 Å². The van der Waals surface area contributed by atoms with Crippen molar-refractivity contribution < 1.29 is 24.2 Å². The van der Waals surface area contributed by atoms with Crippen LogP contribution in [-0.4, -0.2) is 30.4 Å². The Kier molecular flexibility index (Phi) is 3.79. The van der Waals surface area contributed by atoms with E-state index in [2.05, 4.69) is 0 Å². The summed E-state index contributed by atoms with van der Waals surface area (Å²) < 4.78 is 10.8. The number of rotatable bonds is 3. The zero-order valence-electron chi connectivity index (χ0n) is 11.6. The van der Waals surface area contributed by atoms with Crippen LogP contribution in [0.4, 0.5) is 0 Å². The SMILES string of the molecule is COc1c(CC(C)=O)cc(O)c2c1OCC(C)=CC2=O. The number of hydrogen-bond acceptors (Lipinski definition) is 5. The fourth-order valence-corrected chi connectivity index (χ4v) is 2.20. The zero-order chi connectivity index (χ0) is 14.9. The maximum atomic E-state index is 12.1. The van der Waals surface area contributed by atoms with E-state index in [1.54, 1.807) is 6.92 Å². The monoisotopic (exact) mass is 276 g/mol. The van der Waals surface area contributed by atoms with Crippen LogP contribution in [0.5, 0.6) is 17.2 Å². The number of ketones is 2. The normalized spacial score (nSPS) is 13.9. The van der Waals surface area contributed by atoms with Crippen LogP contribution in [0.15, 0.2) is 17.7 Å². The van der Waals surface area contributed by atoms with Gasteiger partial charge >= 0.3 is 0 Å². The first kappa shape index (κ1) is 14.1. The average molecular weight is 276 g/mol. The van der Waals surface area contributed by atoms with E-state index < -0.39 is 0 Å². The van der Waals surface area contributed by atoms with Gasteiger partial charge in [0.05, 0.1) is 7.11 Å². The van der Waals surface area contributed by atoms with Gasteiger partial charge in [0.15, 0.2) is 17.3 Å². The van der Waals surface area contributed by atoms with Crippen LogP contribution in [-0.2, 0) is 11.2 Å². The number of aromatic hydroxyl groups is 1. The quantitative estimate of drug-likeness (QED) is 0.914. The topological polar surface area (TPSA) is 72.8 Å². The molecule has 0 saturated carbocycles. The third-order valence-corrected chi connectivity index (χ3v) is 3.00. The molecule has 1 aromatic carbocycles. The number of carbonyl (C=O) groups is 2. The molecular weight excluding hydrogens is 260 g/mol. The molecule has 1 heterocycles. The van der Waals surface area contributed by atoms with Gasteiger partial charge in [0.25, 0.3) is 0 Å². The number of ether oxygens (including phenoxy) is 2. The van der Waals surface area contributed by atoms with Crippen LogP contribution in [0, 0.1) is 0 Å². The van der Waals surface area contributed by atoms with Crippen molar-refractivity contribution in [1.29, 1.82) is 0 Å². The number of benzene rings is 1. The molecule has 0 fully saturated rings. The minimum absolute atomic E-state index is 0.0723. The van der Waals surface area contributed by atoms with E-state index in [1.165, 1.54) is 26.2 Å². The second-order valence-electron chi connectivity index (χ2n) is 4.81. The number of carbonyl (C=O) groups excluding carboxylic acids is 2. The summed E-state index contributed by atoms with van der Waals surface area (Å²) in [6, 6.07) is 1.38. The van der Waals surface area contributed by atoms with Gasteiger partial charge < -0.3 is 14.6 Å². The summed E-state index contributed by atoms with van der Waals surface area (Å²) in [6.45, 7) is 3.45. The molecule has 0 bridgehead atoms. The highest BCUT2D eigenvalue weighted by Crippen LogP contribution is 2.42. The minimum atomic E-state index is -0.333. The second-order valence-corrected chi connectivity index (χ2v) is 4.81. The van der Waals surface area contributed by atoms with Crippen LogP contribution in [0.1, 0.15) is 29.8 Å². The number of hydrogen-bond donors (Lipinski definition) is 1. The minimum Gasteiger partial charge on any atom is -0.507 e. The van der Waals surface area contributed by atoms with E-state index >= 15 is 0 Å². The van der Waals surface area contributed by atoms with Crippen LogP contribution in [0.25, 0.3) is 0 Å². The van der Waals surface area contributed by atoms with Crippen molar-refractivity contribution in [2.45, 2.75) is 20.3 Å². The number of methoxy groups -OCH3 is 1. The third-order valence-electron chi connectivity index (χ3n) is 3.00. The molecule has 0 atom stereocenters. The molecule has 106 valence electrons. The Morgan fingerprint density at radius 2 is 2.20 bits per heavy atom. The maximum Gasteiger partial charge on any atom is 0.193 e. The van der Waals surface area contributed by atoms with Crippen molar-refractivity contribution in [2.75, 3.05) is 13.7 Å². The van der Waals surface area contributed by atoms with Crippen molar-refractivity contribution in [3.8, 4) is 17.2 Å². The van der Waals surface area contributed by atoms with E-state index in [9.17, 15) is 14.7 Å². The summed E-state index contributed by atoms with van der Waals surface area (Å²) in [5.41, 5.74) is 1.33. The molecular formula is C15H16O5. The summed E-state index contributed by atoms with van der Waals surface area (Å²) in [5.74, 6) is -0.0867.